The average Bonchev–Trinajstić information content (AvgIpc) is 3.45. The summed E-state index contributed by atoms with van der Waals surface area (Å²) in [5.74, 6) is 0.836. The van der Waals surface area contributed by atoms with E-state index in [4.69, 9.17) is 4.52 Å². The molecule has 4 rings (SSSR count). The highest BCUT2D eigenvalue weighted by Gasteiger charge is 2.27. The number of carbonyl (C=O) groups is 2. The minimum absolute atomic E-state index is 0. The molecule has 1 aliphatic carbocycles. The molecule has 2 aromatic heterocycles. The van der Waals surface area contributed by atoms with Crippen LogP contribution in [0.25, 0.3) is 11.5 Å². The van der Waals surface area contributed by atoms with E-state index in [1.54, 1.807) is 0 Å². The Hall–Kier alpha value is -3.57. The van der Waals surface area contributed by atoms with Crippen molar-refractivity contribution < 1.29 is 14.1 Å². The molecule has 2 aromatic rings. The van der Waals surface area contributed by atoms with E-state index >= 15 is 0 Å². The van der Waals surface area contributed by atoms with Gasteiger partial charge in [0.2, 0.25) is 17.6 Å². The van der Waals surface area contributed by atoms with Crippen molar-refractivity contribution in [2.75, 3.05) is 27.2 Å². The fourth-order valence-corrected chi connectivity index (χ4v) is 3.89. The number of rotatable bonds is 11. The van der Waals surface area contributed by atoms with Gasteiger partial charge in [-0.25, -0.2) is 0 Å². The first-order valence-electron chi connectivity index (χ1n) is 11.6. The van der Waals surface area contributed by atoms with E-state index in [0.29, 0.717) is 43.5 Å². The molecule has 0 radical (unpaired) electrons. The van der Waals surface area contributed by atoms with Gasteiger partial charge in [-0.3, -0.25) is 9.59 Å². The van der Waals surface area contributed by atoms with Gasteiger partial charge in [0, 0.05) is 50.8 Å². The number of nitrogens with zero attached hydrogens (tertiary/aromatic N) is 6. The molecule has 0 saturated heterocycles. The van der Waals surface area contributed by atoms with Crippen LogP contribution in [0.5, 0.6) is 0 Å². The molecule has 11 nitrogen and oxygen atoms in total. The number of halogens is 1. The molecule has 0 saturated carbocycles. The van der Waals surface area contributed by atoms with E-state index in [-0.39, 0.29) is 36.6 Å². The van der Waals surface area contributed by atoms with Gasteiger partial charge < -0.3 is 24.6 Å². The van der Waals surface area contributed by atoms with Crippen LogP contribution in [0.2, 0.25) is 0 Å². The number of allylic oxidation sites excluding steroid dienone is 3. The van der Waals surface area contributed by atoms with Crippen LogP contribution in [-0.2, 0) is 29.6 Å². The van der Waals surface area contributed by atoms with Crippen LogP contribution in [0, 0.1) is 5.92 Å². The summed E-state index contributed by atoms with van der Waals surface area (Å²) in [7, 11) is 6.01. The molecular weight excluding hydrogens is 484 g/mol. The van der Waals surface area contributed by atoms with Crippen LogP contribution in [0.4, 0.5) is 0 Å². The lowest BCUT2D eigenvalue weighted by Crippen LogP contribution is -2.28. The van der Waals surface area contributed by atoms with Gasteiger partial charge in [-0.2, -0.15) is 4.98 Å². The second-order valence-corrected chi connectivity index (χ2v) is 8.71. The third-order valence-electron chi connectivity index (χ3n) is 5.75. The molecule has 0 bridgehead atoms. The summed E-state index contributed by atoms with van der Waals surface area (Å²) in [5.41, 5.74) is 2.84. The van der Waals surface area contributed by atoms with Crippen LogP contribution in [0.3, 0.4) is 0 Å². The monoisotopic (exact) mass is 514 g/mol. The first kappa shape index (κ1) is 27.0. The largest absolute Gasteiger partial charge is 0.368 e. The Morgan fingerprint density at radius 3 is 2.83 bits per heavy atom. The number of carbonyl (C=O) groups excluding carboxylic acids is 2. The number of azo groups is 1. The second kappa shape index (κ2) is 12.4. The molecule has 0 fully saturated rings. The number of hydrogen-bond acceptors (Lipinski definition) is 8. The molecule has 1 unspecified atom stereocenters. The number of hydrogen-bond donors (Lipinski definition) is 2. The van der Waals surface area contributed by atoms with E-state index in [9.17, 15) is 9.59 Å². The molecule has 12 heteroatoms. The van der Waals surface area contributed by atoms with Crippen molar-refractivity contribution in [3.63, 3.8) is 0 Å². The molecule has 3 heterocycles. The predicted molar refractivity (Wildman–Crippen MR) is 136 cm³/mol. The van der Waals surface area contributed by atoms with Gasteiger partial charge in [0.25, 0.3) is 5.91 Å². The lowest BCUT2D eigenvalue weighted by molar-refractivity contribution is -0.121. The standard InChI is InChI=1S/C24H30N8O3.ClH/c1-31(2)15-16-9-10-19(32(16)3)23-27-21(35-30-23)12-11-20(33)25-13-6-14-26-22-17-7-4-5-8-18(17)24(34)29-28-22;/h4-5,7-10,18,26H,6,11-15H2,1-3H3,(H,25,33);1H. The lowest BCUT2D eigenvalue weighted by atomic mass is 9.93. The van der Waals surface area contributed by atoms with Crippen molar-refractivity contribution in [1.29, 1.82) is 0 Å². The van der Waals surface area contributed by atoms with Gasteiger partial charge in [-0.15, -0.1) is 22.6 Å². The Morgan fingerprint density at radius 2 is 2.03 bits per heavy atom. The van der Waals surface area contributed by atoms with Crippen molar-refractivity contribution in [3.05, 3.63) is 59.4 Å². The Bertz CT molecular complexity index is 1210. The summed E-state index contributed by atoms with van der Waals surface area (Å²) in [6.45, 7) is 1.92. The van der Waals surface area contributed by atoms with E-state index in [2.05, 4.69) is 35.9 Å². The van der Waals surface area contributed by atoms with Crippen LogP contribution in [0.15, 0.2) is 62.6 Å². The quantitative estimate of drug-likeness (QED) is 0.440. The first-order valence-corrected chi connectivity index (χ1v) is 11.6. The second-order valence-electron chi connectivity index (χ2n) is 8.71. The highest BCUT2D eigenvalue weighted by Crippen LogP contribution is 2.27. The number of fused-ring (bicyclic) bond motifs is 1. The van der Waals surface area contributed by atoms with Crippen LogP contribution in [-0.4, -0.2) is 58.6 Å². The fourth-order valence-electron chi connectivity index (χ4n) is 3.89. The zero-order chi connectivity index (χ0) is 24.8. The summed E-state index contributed by atoms with van der Waals surface area (Å²) in [4.78, 5) is 30.6. The minimum atomic E-state index is -0.369. The van der Waals surface area contributed by atoms with E-state index in [1.807, 2.05) is 62.1 Å². The first-order chi connectivity index (χ1) is 16.9. The molecule has 36 heavy (non-hydrogen) atoms. The maximum atomic E-state index is 12.2. The van der Waals surface area contributed by atoms with Gasteiger partial charge in [-0.1, -0.05) is 29.5 Å². The number of amides is 2. The van der Waals surface area contributed by atoms with Gasteiger partial charge >= 0.3 is 0 Å². The molecule has 2 amide bonds. The molecule has 1 atom stereocenters. The fraction of sp³-hybridized carbons (Fsp3) is 0.417. The highest BCUT2D eigenvalue weighted by molar-refractivity contribution is 5.86. The Labute approximate surface area is 215 Å². The number of nitrogens with one attached hydrogen (secondary N) is 2. The molecule has 192 valence electrons. The van der Waals surface area contributed by atoms with E-state index < -0.39 is 0 Å². The van der Waals surface area contributed by atoms with Gasteiger partial charge in [0.05, 0.1) is 11.6 Å². The third kappa shape index (κ3) is 6.55. The Balaban J connectivity index is 0.00000361. The predicted octanol–water partition coefficient (Wildman–Crippen LogP) is 2.53. The molecule has 0 aromatic carbocycles. The number of aryl methyl sites for hydroxylation is 1. The van der Waals surface area contributed by atoms with Crippen molar-refractivity contribution in [2.45, 2.75) is 25.8 Å². The summed E-state index contributed by atoms with van der Waals surface area (Å²) in [6.07, 6.45) is 8.72. The Morgan fingerprint density at radius 1 is 1.19 bits per heavy atom. The minimum Gasteiger partial charge on any atom is -0.368 e. The Kier molecular flexibility index (Phi) is 9.31. The highest BCUT2D eigenvalue weighted by atomic mass is 35.5. The summed E-state index contributed by atoms with van der Waals surface area (Å²) >= 11 is 0. The maximum absolute atomic E-state index is 12.2. The molecule has 1 aliphatic heterocycles. The van der Waals surface area contributed by atoms with Crippen LogP contribution >= 0.6 is 12.4 Å². The van der Waals surface area contributed by atoms with E-state index in [1.165, 1.54) is 0 Å². The lowest BCUT2D eigenvalue weighted by Gasteiger charge is -2.20. The topological polar surface area (TPSA) is 130 Å². The molecule has 2 N–H and O–H groups in total. The molecule has 2 aliphatic rings. The SMILES string of the molecule is CN(C)Cc1ccc(-c2noc(CCC(=O)NCCCNC3=C4C=CC=CC4C(=O)N=N3)n2)n1C.Cl. The molecule has 0 spiro atoms. The summed E-state index contributed by atoms with van der Waals surface area (Å²) in [6, 6.07) is 4.02. The zero-order valence-corrected chi connectivity index (χ0v) is 21.4. The van der Waals surface area contributed by atoms with Crippen molar-refractivity contribution in [2.24, 2.45) is 23.2 Å². The van der Waals surface area contributed by atoms with Gasteiger partial charge in [0.1, 0.15) is 0 Å². The average molecular weight is 515 g/mol. The molecular formula is C24H31ClN8O3. The summed E-state index contributed by atoms with van der Waals surface area (Å²) in [5, 5.41) is 17.8. The van der Waals surface area contributed by atoms with Crippen molar-refractivity contribution >= 4 is 24.2 Å². The van der Waals surface area contributed by atoms with Crippen molar-refractivity contribution in [1.82, 2.24) is 30.2 Å². The van der Waals surface area contributed by atoms with E-state index in [0.717, 1.165) is 23.5 Å². The zero-order valence-electron chi connectivity index (χ0n) is 20.6. The summed E-state index contributed by atoms with van der Waals surface area (Å²) < 4.78 is 7.38. The van der Waals surface area contributed by atoms with Crippen LogP contribution < -0.4 is 10.6 Å². The normalized spacial score (nSPS) is 16.3. The number of aromatic nitrogens is 3. The third-order valence-corrected chi connectivity index (χ3v) is 5.75. The smallest absolute Gasteiger partial charge is 0.276 e. The van der Waals surface area contributed by atoms with Crippen molar-refractivity contribution in [3.8, 4) is 11.5 Å². The maximum Gasteiger partial charge on any atom is 0.276 e. The van der Waals surface area contributed by atoms with Gasteiger partial charge in [-0.05, 0) is 32.6 Å². The van der Waals surface area contributed by atoms with Crippen LogP contribution in [0.1, 0.15) is 24.4 Å². The van der Waals surface area contributed by atoms with Gasteiger partial charge in [0.15, 0.2) is 5.82 Å².